The summed E-state index contributed by atoms with van der Waals surface area (Å²) in [5.41, 5.74) is 0.911. The second kappa shape index (κ2) is 6.04. The smallest absolute Gasteiger partial charge is 0.243 e. The Hall–Kier alpha value is -0.960. The predicted molar refractivity (Wildman–Crippen MR) is 80.8 cm³/mol. The molecule has 1 atom stereocenters. The first kappa shape index (κ1) is 15.0. The molecule has 0 N–H and O–H groups in total. The standard InChI is InChI=1S/C13H15BrN2O4S/c14-13-9-12(20-15-13)10-1-3-11(4-2-10)21(17,18)16-5-7-19-8-6-16/h1-4,12H,5-9H2/t12-/m1/s1. The van der Waals surface area contributed by atoms with E-state index < -0.39 is 10.0 Å². The van der Waals surface area contributed by atoms with Crippen LogP contribution in [0.25, 0.3) is 0 Å². The molecule has 0 spiro atoms. The van der Waals surface area contributed by atoms with Crippen LogP contribution in [0.3, 0.4) is 0 Å². The van der Waals surface area contributed by atoms with E-state index in [1.807, 2.05) is 0 Å². The summed E-state index contributed by atoms with van der Waals surface area (Å²) in [4.78, 5) is 5.56. The maximum absolute atomic E-state index is 12.5. The lowest BCUT2D eigenvalue weighted by Gasteiger charge is -2.26. The molecule has 1 saturated heterocycles. The van der Waals surface area contributed by atoms with Crippen molar-refractivity contribution in [3.8, 4) is 0 Å². The van der Waals surface area contributed by atoms with E-state index in [1.54, 1.807) is 24.3 Å². The molecule has 2 aliphatic rings. The van der Waals surface area contributed by atoms with Gasteiger partial charge < -0.3 is 9.57 Å². The Balaban J connectivity index is 1.77. The van der Waals surface area contributed by atoms with Crippen LogP contribution in [0.1, 0.15) is 18.1 Å². The van der Waals surface area contributed by atoms with Gasteiger partial charge in [0, 0.05) is 19.5 Å². The van der Waals surface area contributed by atoms with Gasteiger partial charge in [0.15, 0.2) is 6.10 Å². The summed E-state index contributed by atoms with van der Waals surface area (Å²) in [6.07, 6.45) is 0.509. The molecule has 1 fully saturated rings. The van der Waals surface area contributed by atoms with Crippen LogP contribution in [-0.2, 0) is 19.6 Å². The zero-order chi connectivity index (χ0) is 14.9. The van der Waals surface area contributed by atoms with E-state index in [2.05, 4.69) is 21.1 Å². The second-order valence-corrected chi connectivity index (χ2v) is 7.70. The fourth-order valence-electron chi connectivity index (χ4n) is 2.32. The highest BCUT2D eigenvalue weighted by Crippen LogP contribution is 2.30. The molecule has 0 aliphatic carbocycles. The number of hydrogen-bond acceptors (Lipinski definition) is 5. The molecule has 2 aliphatic heterocycles. The van der Waals surface area contributed by atoms with Crippen molar-refractivity contribution in [1.29, 1.82) is 0 Å². The minimum absolute atomic E-state index is 0.153. The highest BCUT2D eigenvalue weighted by atomic mass is 79.9. The molecule has 0 bridgehead atoms. The number of hydrogen-bond donors (Lipinski definition) is 0. The number of rotatable bonds is 3. The lowest BCUT2D eigenvalue weighted by atomic mass is 10.1. The van der Waals surface area contributed by atoms with Crippen LogP contribution in [0, 0.1) is 0 Å². The Bertz CT molecular complexity index is 639. The molecule has 0 amide bonds. The molecule has 114 valence electrons. The van der Waals surface area contributed by atoms with Gasteiger partial charge in [-0.15, -0.1) is 0 Å². The van der Waals surface area contributed by atoms with Crippen LogP contribution in [0.4, 0.5) is 0 Å². The topological polar surface area (TPSA) is 68.2 Å². The van der Waals surface area contributed by atoms with Gasteiger partial charge in [0.05, 0.1) is 18.1 Å². The fourth-order valence-corrected chi connectivity index (χ4v) is 4.10. The number of ether oxygens (including phenoxy) is 1. The predicted octanol–water partition coefficient (Wildman–Crippen LogP) is 1.88. The number of sulfonamides is 1. The summed E-state index contributed by atoms with van der Waals surface area (Å²) in [7, 11) is -3.44. The maximum Gasteiger partial charge on any atom is 0.243 e. The summed E-state index contributed by atoms with van der Waals surface area (Å²) in [5.74, 6) is 0. The molecule has 1 aromatic rings. The molecule has 1 aromatic carbocycles. The van der Waals surface area contributed by atoms with Crippen molar-refractivity contribution in [3.63, 3.8) is 0 Å². The lowest BCUT2D eigenvalue weighted by molar-refractivity contribution is 0.0730. The maximum atomic E-state index is 12.5. The molecule has 0 aromatic heterocycles. The molecule has 21 heavy (non-hydrogen) atoms. The van der Waals surface area contributed by atoms with E-state index in [-0.39, 0.29) is 6.10 Å². The van der Waals surface area contributed by atoms with Crippen LogP contribution in [0.5, 0.6) is 0 Å². The van der Waals surface area contributed by atoms with Crippen LogP contribution < -0.4 is 0 Å². The monoisotopic (exact) mass is 374 g/mol. The summed E-state index contributed by atoms with van der Waals surface area (Å²) >= 11 is 3.28. The van der Waals surface area contributed by atoms with E-state index in [4.69, 9.17) is 9.57 Å². The first-order valence-corrected chi connectivity index (χ1v) is 8.87. The van der Waals surface area contributed by atoms with Crippen molar-refractivity contribution < 1.29 is 18.0 Å². The quantitative estimate of drug-likeness (QED) is 0.809. The van der Waals surface area contributed by atoms with Gasteiger partial charge in [-0.3, -0.25) is 0 Å². The minimum Gasteiger partial charge on any atom is -0.386 e. The van der Waals surface area contributed by atoms with Gasteiger partial charge in [-0.1, -0.05) is 17.3 Å². The molecule has 2 heterocycles. The number of halogens is 1. The third-order valence-corrected chi connectivity index (χ3v) is 5.87. The normalized spacial score (nSPS) is 23.7. The van der Waals surface area contributed by atoms with Crippen molar-refractivity contribution in [1.82, 2.24) is 4.31 Å². The number of benzene rings is 1. The average Bonchev–Trinajstić information content (AvgIpc) is 2.95. The van der Waals surface area contributed by atoms with Crippen molar-refractivity contribution in [2.75, 3.05) is 26.3 Å². The molecule has 0 unspecified atom stereocenters. The zero-order valence-electron chi connectivity index (χ0n) is 11.2. The van der Waals surface area contributed by atoms with Crippen molar-refractivity contribution in [3.05, 3.63) is 29.8 Å². The van der Waals surface area contributed by atoms with Crippen molar-refractivity contribution in [2.45, 2.75) is 17.4 Å². The molecule has 3 rings (SSSR count). The van der Waals surface area contributed by atoms with Crippen LogP contribution in [0.2, 0.25) is 0 Å². The average molecular weight is 375 g/mol. The Morgan fingerprint density at radius 3 is 2.43 bits per heavy atom. The van der Waals surface area contributed by atoms with E-state index in [0.29, 0.717) is 37.6 Å². The zero-order valence-corrected chi connectivity index (χ0v) is 13.6. The Morgan fingerprint density at radius 2 is 1.86 bits per heavy atom. The number of morpholine rings is 1. The number of oxime groups is 1. The molecule has 8 heteroatoms. The van der Waals surface area contributed by atoms with Gasteiger partial charge >= 0.3 is 0 Å². The van der Waals surface area contributed by atoms with Gasteiger partial charge in [-0.25, -0.2) is 8.42 Å². The van der Waals surface area contributed by atoms with Crippen molar-refractivity contribution >= 4 is 30.6 Å². The van der Waals surface area contributed by atoms with E-state index >= 15 is 0 Å². The summed E-state index contributed by atoms with van der Waals surface area (Å²) < 4.78 is 32.4. The third kappa shape index (κ3) is 3.13. The van der Waals surface area contributed by atoms with E-state index in [0.717, 1.165) is 10.2 Å². The first-order chi connectivity index (χ1) is 10.1. The van der Waals surface area contributed by atoms with Crippen molar-refractivity contribution in [2.24, 2.45) is 5.16 Å². The first-order valence-electron chi connectivity index (χ1n) is 6.63. The summed E-state index contributed by atoms with van der Waals surface area (Å²) in [6.45, 7) is 1.68. The lowest BCUT2D eigenvalue weighted by Crippen LogP contribution is -2.40. The van der Waals surface area contributed by atoms with E-state index in [9.17, 15) is 8.42 Å². The van der Waals surface area contributed by atoms with Crippen LogP contribution in [-0.4, -0.2) is 43.6 Å². The third-order valence-electron chi connectivity index (χ3n) is 3.49. The molecule has 0 radical (unpaired) electrons. The SMILES string of the molecule is O=S(=O)(c1ccc([C@H]2CC(Br)=NO2)cc1)N1CCOCC1. The second-order valence-electron chi connectivity index (χ2n) is 4.85. The highest BCUT2D eigenvalue weighted by molar-refractivity contribution is 9.18. The highest BCUT2D eigenvalue weighted by Gasteiger charge is 2.27. The summed E-state index contributed by atoms with van der Waals surface area (Å²) in [6, 6.07) is 6.80. The molecule has 0 saturated carbocycles. The van der Waals surface area contributed by atoms with Gasteiger partial charge in [0.1, 0.15) is 4.62 Å². The fraction of sp³-hybridized carbons (Fsp3) is 0.462. The molecular weight excluding hydrogens is 360 g/mol. The molecular formula is C13H15BrN2O4S. The number of nitrogens with zero attached hydrogens (tertiary/aromatic N) is 2. The van der Waals surface area contributed by atoms with Crippen LogP contribution >= 0.6 is 15.9 Å². The Labute approximate surface area is 131 Å². The largest absolute Gasteiger partial charge is 0.386 e. The minimum atomic E-state index is -3.44. The van der Waals surface area contributed by atoms with Gasteiger partial charge in [0.2, 0.25) is 10.0 Å². The molecule has 6 nitrogen and oxygen atoms in total. The van der Waals surface area contributed by atoms with Gasteiger partial charge in [-0.2, -0.15) is 4.31 Å². The van der Waals surface area contributed by atoms with Gasteiger partial charge in [-0.05, 0) is 33.6 Å². The van der Waals surface area contributed by atoms with Gasteiger partial charge in [0.25, 0.3) is 0 Å². The Morgan fingerprint density at radius 1 is 1.19 bits per heavy atom. The van der Waals surface area contributed by atoms with E-state index in [1.165, 1.54) is 4.31 Å². The van der Waals surface area contributed by atoms with Crippen LogP contribution in [0.15, 0.2) is 34.3 Å². The Kier molecular flexibility index (Phi) is 4.30. The summed E-state index contributed by atoms with van der Waals surface area (Å²) in [5, 5.41) is 3.83.